The van der Waals surface area contributed by atoms with E-state index >= 15 is 0 Å². The summed E-state index contributed by atoms with van der Waals surface area (Å²) in [5.74, 6) is 1.88. The molecule has 1 aromatic heterocycles. The van der Waals surface area contributed by atoms with Gasteiger partial charge in [0.05, 0.1) is 18.6 Å². The van der Waals surface area contributed by atoms with Gasteiger partial charge in [0.2, 0.25) is 5.91 Å². The highest BCUT2D eigenvalue weighted by Gasteiger charge is 2.23. The molecule has 0 bridgehead atoms. The third kappa shape index (κ3) is 3.24. The quantitative estimate of drug-likeness (QED) is 0.825. The molecular formula is C15H18N4O2S. The van der Waals surface area contributed by atoms with Gasteiger partial charge < -0.3 is 10.1 Å². The minimum absolute atomic E-state index is 0.0414. The van der Waals surface area contributed by atoms with Crippen LogP contribution in [0, 0.1) is 6.92 Å². The smallest absolute Gasteiger partial charge is 0.230 e. The predicted octanol–water partition coefficient (Wildman–Crippen LogP) is 1.96. The molecule has 116 valence electrons. The summed E-state index contributed by atoms with van der Waals surface area (Å²) >= 11 is 1.38. The van der Waals surface area contributed by atoms with Gasteiger partial charge in [0.25, 0.3) is 0 Å². The molecule has 1 aromatic carbocycles. The number of amides is 1. The highest BCUT2D eigenvalue weighted by molar-refractivity contribution is 7.99. The van der Waals surface area contributed by atoms with E-state index in [1.165, 1.54) is 11.8 Å². The predicted molar refractivity (Wildman–Crippen MR) is 84.5 cm³/mol. The van der Waals surface area contributed by atoms with Gasteiger partial charge in [-0.2, -0.15) is 0 Å². The van der Waals surface area contributed by atoms with E-state index in [1.807, 2.05) is 35.8 Å². The van der Waals surface area contributed by atoms with E-state index in [9.17, 15) is 4.79 Å². The molecule has 1 saturated carbocycles. The van der Waals surface area contributed by atoms with E-state index < -0.39 is 0 Å². The fourth-order valence-corrected chi connectivity index (χ4v) is 2.96. The van der Waals surface area contributed by atoms with E-state index in [0.717, 1.165) is 30.1 Å². The second-order valence-electron chi connectivity index (χ2n) is 5.17. The molecule has 6 nitrogen and oxygen atoms in total. The van der Waals surface area contributed by atoms with Crippen LogP contribution in [0.4, 0.5) is 0 Å². The summed E-state index contributed by atoms with van der Waals surface area (Å²) in [5.41, 5.74) is 0.873. The first-order chi connectivity index (χ1) is 10.7. The molecule has 1 heterocycles. The van der Waals surface area contributed by atoms with Crippen molar-refractivity contribution < 1.29 is 9.53 Å². The van der Waals surface area contributed by atoms with Crippen LogP contribution in [-0.4, -0.2) is 39.6 Å². The molecule has 1 aliphatic rings. The van der Waals surface area contributed by atoms with E-state index in [1.54, 1.807) is 7.11 Å². The van der Waals surface area contributed by atoms with Gasteiger partial charge in [-0.25, -0.2) is 0 Å². The Morgan fingerprint density at radius 2 is 2.18 bits per heavy atom. The molecule has 0 spiro atoms. The first kappa shape index (κ1) is 14.9. The molecule has 0 aliphatic heterocycles. The topological polar surface area (TPSA) is 69.0 Å². The molecule has 0 saturated heterocycles. The molecular weight excluding hydrogens is 300 g/mol. The number of carbonyl (C=O) groups excluding carboxylic acids is 1. The zero-order valence-corrected chi connectivity index (χ0v) is 13.4. The summed E-state index contributed by atoms with van der Waals surface area (Å²) in [5, 5.41) is 12.0. The average Bonchev–Trinajstić information content (AvgIpc) is 3.26. The van der Waals surface area contributed by atoms with Crippen LogP contribution in [0.5, 0.6) is 5.75 Å². The number of hydrogen-bond acceptors (Lipinski definition) is 5. The zero-order chi connectivity index (χ0) is 15.5. The van der Waals surface area contributed by atoms with Crippen molar-refractivity contribution in [3.8, 4) is 11.4 Å². The van der Waals surface area contributed by atoms with Gasteiger partial charge in [-0.3, -0.25) is 9.36 Å². The maximum absolute atomic E-state index is 11.8. The van der Waals surface area contributed by atoms with Crippen LogP contribution in [0.25, 0.3) is 5.69 Å². The van der Waals surface area contributed by atoms with Crippen molar-refractivity contribution >= 4 is 17.7 Å². The van der Waals surface area contributed by atoms with Gasteiger partial charge in [0.1, 0.15) is 11.6 Å². The standard InChI is InChI=1S/C15H18N4O2S/c1-10-17-18-15(22-9-14(20)16-11-7-8-11)19(10)12-5-3-4-6-13(12)21-2/h3-6,11H,7-9H2,1-2H3,(H,16,20). The third-order valence-electron chi connectivity index (χ3n) is 3.40. The molecule has 0 unspecified atom stereocenters. The number of aromatic nitrogens is 3. The molecule has 1 N–H and O–H groups in total. The highest BCUT2D eigenvalue weighted by Crippen LogP contribution is 2.28. The van der Waals surface area contributed by atoms with Crippen LogP contribution in [0.15, 0.2) is 29.4 Å². The summed E-state index contributed by atoms with van der Waals surface area (Å²) < 4.78 is 7.31. The van der Waals surface area contributed by atoms with Crippen LogP contribution >= 0.6 is 11.8 Å². The molecule has 22 heavy (non-hydrogen) atoms. The summed E-state index contributed by atoms with van der Waals surface area (Å²) in [6.07, 6.45) is 2.18. The lowest BCUT2D eigenvalue weighted by Gasteiger charge is -2.12. The Kier molecular flexibility index (Phi) is 4.33. The number of ether oxygens (including phenoxy) is 1. The molecule has 2 aromatic rings. The maximum Gasteiger partial charge on any atom is 0.230 e. The van der Waals surface area contributed by atoms with Crippen LogP contribution < -0.4 is 10.1 Å². The number of hydrogen-bond donors (Lipinski definition) is 1. The van der Waals surface area contributed by atoms with E-state index in [-0.39, 0.29) is 5.91 Å². The highest BCUT2D eigenvalue weighted by atomic mass is 32.2. The number of nitrogens with zero attached hydrogens (tertiary/aromatic N) is 3. The number of methoxy groups -OCH3 is 1. The number of rotatable bonds is 6. The Morgan fingerprint density at radius 1 is 1.41 bits per heavy atom. The van der Waals surface area contributed by atoms with Crippen molar-refractivity contribution in [2.24, 2.45) is 0 Å². The number of carbonyl (C=O) groups is 1. The average molecular weight is 318 g/mol. The lowest BCUT2D eigenvalue weighted by molar-refractivity contribution is -0.118. The Hall–Kier alpha value is -2.02. The summed E-state index contributed by atoms with van der Waals surface area (Å²) in [6.45, 7) is 1.88. The Morgan fingerprint density at radius 3 is 2.91 bits per heavy atom. The Balaban J connectivity index is 1.79. The van der Waals surface area contributed by atoms with Crippen molar-refractivity contribution in [1.29, 1.82) is 0 Å². The van der Waals surface area contributed by atoms with Crippen LogP contribution in [0.2, 0.25) is 0 Å². The normalized spacial score (nSPS) is 13.9. The van der Waals surface area contributed by atoms with Crippen molar-refractivity contribution in [2.75, 3.05) is 12.9 Å². The third-order valence-corrected chi connectivity index (χ3v) is 4.33. The van der Waals surface area contributed by atoms with E-state index in [2.05, 4.69) is 15.5 Å². The van der Waals surface area contributed by atoms with Gasteiger partial charge >= 0.3 is 0 Å². The van der Waals surface area contributed by atoms with E-state index in [4.69, 9.17) is 4.74 Å². The first-order valence-corrected chi connectivity index (χ1v) is 8.15. The Bertz CT molecular complexity index is 682. The van der Waals surface area contributed by atoms with Gasteiger partial charge in [-0.05, 0) is 31.9 Å². The van der Waals surface area contributed by atoms with E-state index in [0.29, 0.717) is 17.0 Å². The van der Waals surface area contributed by atoms with Gasteiger partial charge in [0, 0.05) is 6.04 Å². The van der Waals surface area contributed by atoms with Gasteiger partial charge in [-0.15, -0.1) is 10.2 Å². The molecule has 3 rings (SSSR count). The van der Waals surface area contributed by atoms with Crippen molar-refractivity contribution in [3.05, 3.63) is 30.1 Å². The Labute approximate surface area is 133 Å². The minimum atomic E-state index is 0.0414. The molecule has 0 radical (unpaired) electrons. The summed E-state index contributed by atoms with van der Waals surface area (Å²) in [6, 6.07) is 8.07. The molecule has 0 atom stereocenters. The molecule has 7 heteroatoms. The van der Waals surface area contributed by atoms with Gasteiger partial charge in [-0.1, -0.05) is 23.9 Å². The van der Waals surface area contributed by atoms with Crippen LogP contribution in [0.1, 0.15) is 18.7 Å². The van der Waals surface area contributed by atoms with Gasteiger partial charge in [0.15, 0.2) is 5.16 Å². The van der Waals surface area contributed by atoms with Crippen molar-refractivity contribution in [2.45, 2.75) is 31.0 Å². The number of thioether (sulfide) groups is 1. The monoisotopic (exact) mass is 318 g/mol. The largest absolute Gasteiger partial charge is 0.495 e. The van der Waals surface area contributed by atoms with Crippen LogP contribution in [0.3, 0.4) is 0 Å². The number of para-hydroxylation sites is 2. The van der Waals surface area contributed by atoms with Crippen molar-refractivity contribution in [3.63, 3.8) is 0 Å². The molecule has 1 amide bonds. The van der Waals surface area contributed by atoms with Crippen LogP contribution in [-0.2, 0) is 4.79 Å². The lowest BCUT2D eigenvalue weighted by Crippen LogP contribution is -2.27. The number of nitrogens with one attached hydrogen (secondary N) is 1. The summed E-state index contributed by atoms with van der Waals surface area (Å²) in [7, 11) is 1.63. The second-order valence-corrected chi connectivity index (χ2v) is 6.11. The zero-order valence-electron chi connectivity index (χ0n) is 12.6. The number of aryl methyl sites for hydroxylation is 1. The lowest BCUT2D eigenvalue weighted by atomic mass is 10.3. The number of benzene rings is 1. The molecule has 1 fully saturated rings. The SMILES string of the molecule is COc1ccccc1-n1c(C)nnc1SCC(=O)NC1CC1. The fraction of sp³-hybridized carbons (Fsp3) is 0.400. The van der Waals surface area contributed by atoms with Crippen molar-refractivity contribution in [1.82, 2.24) is 20.1 Å². The minimum Gasteiger partial charge on any atom is -0.495 e. The fourth-order valence-electron chi connectivity index (χ4n) is 2.16. The summed E-state index contributed by atoms with van der Waals surface area (Å²) in [4.78, 5) is 11.8. The first-order valence-electron chi connectivity index (χ1n) is 7.16. The molecule has 1 aliphatic carbocycles. The second kappa shape index (κ2) is 6.39. The maximum atomic E-state index is 11.8.